The number of hydrogen-bond acceptors (Lipinski definition) is 3. The first-order chi connectivity index (χ1) is 10.4. The number of aromatic nitrogens is 3. The highest BCUT2D eigenvalue weighted by Gasteiger charge is 2.32. The van der Waals surface area contributed by atoms with Crippen molar-refractivity contribution in [1.29, 1.82) is 0 Å². The molecule has 22 heavy (non-hydrogen) atoms. The number of carbonyl (C=O) groups is 1. The highest BCUT2D eigenvalue weighted by molar-refractivity contribution is 6.03. The molecular formula is C14H9F3N4O. The van der Waals surface area contributed by atoms with Crippen molar-refractivity contribution < 1.29 is 18.0 Å². The van der Waals surface area contributed by atoms with E-state index in [4.69, 9.17) is 0 Å². The summed E-state index contributed by atoms with van der Waals surface area (Å²) in [6.45, 7) is 0. The fraction of sp³-hybridized carbons (Fsp3) is 0.0714. The molecule has 0 spiro atoms. The van der Waals surface area contributed by atoms with Crippen molar-refractivity contribution in [2.24, 2.45) is 0 Å². The zero-order valence-corrected chi connectivity index (χ0v) is 11.0. The number of H-pyrrole nitrogens is 1. The molecule has 0 bridgehead atoms. The van der Waals surface area contributed by atoms with E-state index in [-0.39, 0.29) is 5.69 Å². The molecule has 0 fully saturated rings. The fourth-order valence-electron chi connectivity index (χ4n) is 1.94. The van der Waals surface area contributed by atoms with Crippen LogP contribution in [0.1, 0.15) is 16.2 Å². The summed E-state index contributed by atoms with van der Waals surface area (Å²) in [6, 6.07) is 8.12. The van der Waals surface area contributed by atoms with Crippen molar-refractivity contribution >= 4 is 22.5 Å². The number of amides is 1. The number of nitrogens with zero attached hydrogens (tertiary/aromatic N) is 2. The molecule has 8 heteroatoms. The van der Waals surface area contributed by atoms with Gasteiger partial charge in [-0.05, 0) is 30.3 Å². The molecule has 1 amide bonds. The first-order valence-electron chi connectivity index (χ1n) is 6.22. The SMILES string of the molecule is O=C(Nc1ccc2n[nH]cc2c1)c1cccc(C(F)(F)F)n1. The van der Waals surface area contributed by atoms with Gasteiger partial charge in [-0.2, -0.15) is 18.3 Å². The van der Waals surface area contributed by atoms with Crippen molar-refractivity contribution in [3.8, 4) is 0 Å². The van der Waals surface area contributed by atoms with Crippen molar-refractivity contribution in [3.05, 3.63) is 54.0 Å². The van der Waals surface area contributed by atoms with Gasteiger partial charge in [-0.15, -0.1) is 0 Å². The fourth-order valence-corrected chi connectivity index (χ4v) is 1.94. The molecule has 0 aliphatic heterocycles. The molecule has 5 nitrogen and oxygen atoms in total. The van der Waals surface area contributed by atoms with Gasteiger partial charge in [0.1, 0.15) is 11.4 Å². The Kier molecular flexibility index (Phi) is 3.28. The van der Waals surface area contributed by atoms with E-state index in [0.717, 1.165) is 23.0 Å². The number of benzene rings is 1. The molecule has 0 aliphatic carbocycles. The Labute approximate surface area is 122 Å². The topological polar surface area (TPSA) is 70.7 Å². The van der Waals surface area contributed by atoms with E-state index < -0.39 is 17.8 Å². The lowest BCUT2D eigenvalue weighted by Crippen LogP contribution is -2.16. The molecule has 3 aromatic rings. The van der Waals surface area contributed by atoms with Crippen LogP contribution in [-0.2, 0) is 6.18 Å². The van der Waals surface area contributed by atoms with Gasteiger partial charge in [-0.3, -0.25) is 9.89 Å². The molecular weight excluding hydrogens is 297 g/mol. The van der Waals surface area contributed by atoms with Crippen molar-refractivity contribution in [2.45, 2.75) is 6.18 Å². The molecule has 2 N–H and O–H groups in total. The van der Waals surface area contributed by atoms with E-state index in [1.165, 1.54) is 6.07 Å². The van der Waals surface area contributed by atoms with Crippen LogP contribution in [0.25, 0.3) is 10.9 Å². The van der Waals surface area contributed by atoms with Gasteiger partial charge in [0.05, 0.1) is 5.52 Å². The summed E-state index contributed by atoms with van der Waals surface area (Å²) in [5, 5.41) is 9.92. The van der Waals surface area contributed by atoms with Crippen LogP contribution in [0, 0.1) is 0 Å². The predicted molar refractivity (Wildman–Crippen MR) is 73.3 cm³/mol. The molecule has 0 radical (unpaired) electrons. The third kappa shape index (κ3) is 2.76. The van der Waals surface area contributed by atoms with Crippen molar-refractivity contribution in [3.63, 3.8) is 0 Å². The summed E-state index contributed by atoms with van der Waals surface area (Å²) >= 11 is 0. The van der Waals surface area contributed by atoms with Gasteiger partial charge in [-0.25, -0.2) is 4.98 Å². The van der Waals surface area contributed by atoms with Crippen LogP contribution in [0.4, 0.5) is 18.9 Å². The van der Waals surface area contributed by atoms with E-state index in [1.54, 1.807) is 24.4 Å². The lowest BCUT2D eigenvalue weighted by atomic mass is 10.2. The van der Waals surface area contributed by atoms with Gasteiger partial charge in [0.25, 0.3) is 5.91 Å². The third-order valence-corrected chi connectivity index (χ3v) is 2.96. The smallest absolute Gasteiger partial charge is 0.321 e. The Morgan fingerprint density at radius 1 is 1.18 bits per heavy atom. The second kappa shape index (κ2) is 5.14. The number of aromatic amines is 1. The van der Waals surface area contributed by atoms with E-state index in [9.17, 15) is 18.0 Å². The summed E-state index contributed by atoms with van der Waals surface area (Å²) in [5.74, 6) is -0.714. The first kappa shape index (κ1) is 14.1. The quantitative estimate of drug-likeness (QED) is 0.763. The van der Waals surface area contributed by atoms with E-state index in [1.807, 2.05) is 0 Å². The average molecular weight is 306 g/mol. The molecule has 0 saturated heterocycles. The van der Waals surface area contributed by atoms with Crippen LogP contribution in [0.5, 0.6) is 0 Å². The number of fused-ring (bicyclic) bond motifs is 1. The number of pyridine rings is 1. The summed E-state index contributed by atoms with van der Waals surface area (Å²) in [4.78, 5) is 15.3. The van der Waals surface area contributed by atoms with Crippen LogP contribution >= 0.6 is 0 Å². The zero-order valence-electron chi connectivity index (χ0n) is 11.0. The number of alkyl halides is 3. The Bertz CT molecular complexity index is 841. The van der Waals surface area contributed by atoms with E-state index in [2.05, 4.69) is 20.5 Å². The molecule has 0 aliphatic rings. The highest BCUT2D eigenvalue weighted by atomic mass is 19.4. The Hall–Kier alpha value is -2.90. The molecule has 112 valence electrons. The van der Waals surface area contributed by atoms with Gasteiger partial charge in [-0.1, -0.05) is 6.07 Å². The average Bonchev–Trinajstić information content (AvgIpc) is 2.94. The van der Waals surface area contributed by atoms with Crippen LogP contribution in [0.2, 0.25) is 0 Å². The minimum absolute atomic E-state index is 0.304. The van der Waals surface area contributed by atoms with Crippen LogP contribution in [0.3, 0.4) is 0 Å². The number of halogens is 3. The number of anilines is 1. The predicted octanol–water partition coefficient (Wildman–Crippen LogP) is 3.23. The number of carbonyl (C=O) groups excluding carboxylic acids is 1. The standard InChI is InChI=1S/C14H9F3N4O/c15-14(16,17)12-3-1-2-11(20-12)13(22)19-9-4-5-10-8(6-9)7-18-21-10/h1-7H,(H,18,21)(H,19,22). The van der Waals surface area contributed by atoms with Gasteiger partial charge in [0.15, 0.2) is 0 Å². The lowest BCUT2D eigenvalue weighted by molar-refractivity contribution is -0.141. The van der Waals surface area contributed by atoms with E-state index >= 15 is 0 Å². The molecule has 0 unspecified atom stereocenters. The Balaban J connectivity index is 1.85. The highest BCUT2D eigenvalue weighted by Crippen LogP contribution is 2.27. The number of hydrogen-bond donors (Lipinski definition) is 2. The van der Waals surface area contributed by atoms with Crippen LogP contribution < -0.4 is 5.32 Å². The molecule has 1 aromatic carbocycles. The number of nitrogens with one attached hydrogen (secondary N) is 2. The Morgan fingerprint density at radius 2 is 2.00 bits per heavy atom. The largest absolute Gasteiger partial charge is 0.433 e. The normalized spacial score (nSPS) is 11.6. The van der Waals surface area contributed by atoms with Crippen LogP contribution in [0.15, 0.2) is 42.6 Å². The minimum atomic E-state index is -4.59. The molecule has 0 atom stereocenters. The summed E-state index contributed by atoms with van der Waals surface area (Å²) in [7, 11) is 0. The van der Waals surface area contributed by atoms with Gasteiger partial charge < -0.3 is 5.32 Å². The maximum atomic E-state index is 12.6. The maximum absolute atomic E-state index is 12.6. The lowest BCUT2D eigenvalue weighted by Gasteiger charge is -2.08. The summed E-state index contributed by atoms with van der Waals surface area (Å²) in [5.41, 5.74) is -0.249. The minimum Gasteiger partial charge on any atom is -0.321 e. The molecule has 2 aromatic heterocycles. The third-order valence-electron chi connectivity index (χ3n) is 2.96. The molecule has 3 rings (SSSR count). The Morgan fingerprint density at radius 3 is 2.77 bits per heavy atom. The van der Waals surface area contributed by atoms with E-state index in [0.29, 0.717) is 5.69 Å². The van der Waals surface area contributed by atoms with Crippen LogP contribution in [-0.4, -0.2) is 21.1 Å². The monoisotopic (exact) mass is 306 g/mol. The van der Waals surface area contributed by atoms with Gasteiger partial charge in [0.2, 0.25) is 0 Å². The van der Waals surface area contributed by atoms with Crippen molar-refractivity contribution in [1.82, 2.24) is 15.2 Å². The second-order valence-corrected chi connectivity index (χ2v) is 4.52. The first-order valence-corrected chi connectivity index (χ1v) is 6.22. The van der Waals surface area contributed by atoms with Gasteiger partial charge >= 0.3 is 6.18 Å². The maximum Gasteiger partial charge on any atom is 0.433 e. The number of rotatable bonds is 2. The summed E-state index contributed by atoms with van der Waals surface area (Å²) in [6.07, 6.45) is -2.94. The molecule has 2 heterocycles. The zero-order chi connectivity index (χ0) is 15.7. The van der Waals surface area contributed by atoms with Gasteiger partial charge in [0, 0.05) is 17.3 Å². The summed E-state index contributed by atoms with van der Waals surface area (Å²) < 4.78 is 37.8. The molecule has 0 saturated carbocycles. The second-order valence-electron chi connectivity index (χ2n) is 4.52. The van der Waals surface area contributed by atoms with Crippen molar-refractivity contribution in [2.75, 3.05) is 5.32 Å².